The molecular formula is C20H20N4O2. The monoisotopic (exact) mass is 348 g/mol. The van der Waals surface area contributed by atoms with Gasteiger partial charge in [-0.3, -0.25) is 9.55 Å². The summed E-state index contributed by atoms with van der Waals surface area (Å²) in [4.78, 5) is 9.17. The third-order valence-corrected chi connectivity index (χ3v) is 4.35. The van der Waals surface area contributed by atoms with Crippen LogP contribution >= 0.6 is 0 Å². The molecule has 0 aliphatic heterocycles. The van der Waals surface area contributed by atoms with Gasteiger partial charge in [0.25, 0.3) is 6.01 Å². The van der Waals surface area contributed by atoms with E-state index in [1.165, 1.54) is 5.56 Å². The zero-order chi connectivity index (χ0) is 18.1. The Morgan fingerprint density at radius 2 is 1.96 bits per heavy atom. The highest BCUT2D eigenvalue weighted by Gasteiger charge is 2.17. The second-order valence-corrected chi connectivity index (χ2v) is 6.16. The number of pyridine rings is 1. The molecule has 0 spiro atoms. The van der Waals surface area contributed by atoms with E-state index in [0.717, 1.165) is 33.7 Å². The van der Waals surface area contributed by atoms with Crippen molar-refractivity contribution in [3.05, 3.63) is 59.6 Å². The zero-order valence-corrected chi connectivity index (χ0v) is 15.1. The molecular weight excluding hydrogens is 328 g/mol. The van der Waals surface area contributed by atoms with Crippen LogP contribution < -0.4 is 4.74 Å². The highest BCUT2D eigenvalue weighted by Crippen LogP contribution is 2.30. The van der Waals surface area contributed by atoms with E-state index in [9.17, 15) is 0 Å². The van der Waals surface area contributed by atoms with Gasteiger partial charge in [0.2, 0.25) is 0 Å². The third kappa shape index (κ3) is 2.83. The average molecular weight is 348 g/mol. The van der Waals surface area contributed by atoms with Crippen molar-refractivity contribution in [3.8, 4) is 17.3 Å². The summed E-state index contributed by atoms with van der Waals surface area (Å²) < 4.78 is 13.1. The first-order chi connectivity index (χ1) is 12.7. The lowest BCUT2D eigenvalue weighted by molar-refractivity contribution is 0.301. The van der Waals surface area contributed by atoms with E-state index in [2.05, 4.69) is 31.8 Å². The first-order valence-electron chi connectivity index (χ1n) is 8.63. The van der Waals surface area contributed by atoms with E-state index >= 15 is 0 Å². The van der Waals surface area contributed by atoms with Crippen molar-refractivity contribution < 1.29 is 9.26 Å². The Balaban J connectivity index is 1.87. The molecule has 0 N–H and O–H groups in total. The van der Waals surface area contributed by atoms with Gasteiger partial charge in [0.15, 0.2) is 0 Å². The first-order valence-corrected chi connectivity index (χ1v) is 8.63. The van der Waals surface area contributed by atoms with Crippen LogP contribution in [-0.4, -0.2) is 26.3 Å². The molecule has 0 aliphatic rings. The SMILES string of the molecule is CCOc1nc2cnc(-c3c(C)noc3C)cc2n1Cc1ccccc1. The third-order valence-electron chi connectivity index (χ3n) is 4.35. The van der Waals surface area contributed by atoms with Crippen LogP contribution in [0.3, 0.4) is 0 Å². The number of aryl methyl sites for hydroxylation is 2. The summed E-state index contributed by atoms with van der Waals surface area (Å²) in [6.45, 7) is 7.01. The molecule has 6 nitrogen and oxygen atoms in total. The zero-order valence-electron chi connectivity index (χ0n) is 15.1. The van der Waals surface area contributed by atoms with Crippen molar-refractivity contribution in [2.24, 2.45) is 0 Å². The lowest BCUT2D eigenvalue weighted by atomic mass is 10.1. The van der Waals surface area contributed by atoms with E-state index in [-0.39, 0.29) is 0 Å². The van der Waals surface area contributed by atoms with Crippen LogP contribution in [0, 0.1) is 13.8 Å². The Morgan fingerprint density at radius 3 is 2.65 bits per heavy atom. The molecule has 0 aliphatic carbocycles. The minimum Gasteiger partial charge on any atom is -0.465 e. The Kier molecular flexibility index (Phi) is 4.16. The van der Waals surface area contributed by atoms with Crippen LogP contribution in [0.5, 0.6) is 6.01 Å². The molecule has 0 saturated heterocycles. The number of nitrogens with zero attached hydrogens (tertiary/aromatic N) is 4. The van der Waals surface area contributed by atoms with Crippen molar-refractivity contribution in [2.75, 3.05) is 6.61 Å². The van der Waals surface area contributed by atoms with Gasteiger partial charge in [-0.1, -0.05) is 35.5 Å². The van der Waals surface area contributed by atoms with Crippen molar-refractivity contribution in [1.29, 1.82) is 0 Å². The molecule has 1 aromatic carbocycles. The largest absolute Gasteiger partial charge is 0.465 e. The molecule has 0 fully saturated rings. The van der Waals surface area contributed by atoms with Gasteiger partial charge in [-0.15, -0.1) is 0 Å². The number of hydrogen-bond acceptors (Lipinski definition) is 5. The van der Waals surface area contributed by atoms with E-state index < -0.39 is 0 Å². The van der Waals surface area contributed by atoms with Gasteiger partial charge in [-0.05, 0) is 32.4 Å². The fraction of sp³-hybridized carbons (Fsp3) is 0.250. The van der Waals surface area contributed by atoms with Gasteiger partial charge < -0.3 is 9.26 Å². The van der Waals surface area contributed by atoms with Crippen LogP contribution in [0.2, 0.25) is 0 Å². The van der Waals surface area contributed by atoms with Crippen molar-refractivity contribution in [2.45, 2.75) is 27.3 Å². The molecule has 0 radical (unpaired) electrons. The summed E-state index contributed by atoms with van der Waals surface area (Å²) in [5.41, 5.74) is 5.54. The first kappa shape index (κ1) is 16.3. The van der Waals surface area contributed by atoms with Crippen LogP contribution in [0.4, 0.5) is 0 Å². The number of rotatable bonds is 5. The van der Waals surface area contributed by atoms with E-state index in [1.807, 2.05) is 45.0 Å². The Hall–Kier alpha value is -3.15. The number of ether oxygens (including phenoxy) is 1. The number of fused-ring (bicyclic) bond motifs is 1. The normalized spacial score (nSPS) is 11.2. The van der Waals surface area contributed by atoms with Crippen LogP contribution in [-0.2, 0) is 6.54 Å². The summed E-state index contributed by atoms with van der Waals surface area (Å²) in [6, 6.07) is 12.9. The van der Waals surface area contributed by atoms with Gasteiger partial charge in [0, 0.05) is 0 Å². The predicted molar refractivity (Wildman–Crippen MR) is 99.2 cm³/mol. The molecule has 3 heterocycles. The molecule has 3 aromatic heterocycles. The van der Waals surface area contributed by atoms with Crippen LogP contribution in [0.15, 0.2) is 47.1 Å². The van der Waals surface area contributed by atoms with E-state index in [0.29, 0.717) is 19.2 Å². The fourth-order valence-corrected chi connectivity index (χ4v) is 3.15. The van der Waals surface area contributed by atoms with Gasteiger partial charge in [-0.2, -0.15) is 4.98 Å². The van der Waals surface area contributed by atoms with Crippen molar-refractivity contribution in [3.63, 3.8) is 0 Å². The quantitative estimate of drug-likeness (QED) is 0.542. The summed E-state index contributed by atoms with van der Waals surface area (Å²) in [6.07, 6.45) is 1.78. The maximum atomic E-state index is 5.77. The minimum atomic E-state index is 0.558. The van der Waals surface area contributed by atoms with Gasteiger partial charge >= 0.3 is 0 Å². The Morgan fingerprint density at radius 1 is 1.15 bits per heavy atom. The molecule has 4 aromatic rings. The van der Waals surface area contributed by atoms with Crippen LogP contribution in [0.1, 0.15) is 23.9 Å². The topological polar surface area (TPSA) is 66.0 Å². The van der Waals surface area contributed by atoms with Gasteiger partial charge in [0.05, 0.1) is 41.8 Å². The summed E-state index contributed by atoms with van der Waals surface area (Å²) >= 11 is 0. The Bertz CT molecular complexity index is 1030. The smallest absolute Gasteiger partial charge is 0.297 e. The molecule has 132 valence electrons. The van der Waals surface area contributed by atoms with Crippen molar-refractivity contribution in [1.82, 2.24) is 19.7 Å². The summed E-state index contributed by atoms with van der Waals surface area (Å²) in [7, 11) is 0. The fourth-order valence-electron chi connectivity index (χ4n) is 3.15. The number of aromatic nitrogens is 4. The highest BCUT2D eigenvalue weighted by atomic mass is 16.5. The maximum absolute atomic E-state index is 5.77. The molecule has 4 rings (SSSR count). The van der Waals surface area contributed by atoms with Crippen LogP contribution in [0.25, 0.3) is 22.3 Å². The molecule has 0 bridgehead atoms. The second kappa shape index (κ2) is 6.63. The predicted octanol–water partition coefficient (Wildman–Crippen LogP) is 4.15. The summed E-state index contributed by atoms with van der Waals surface area (Å²) in [5.74, 6) is 0.758. The molecule has 0 atom stereocenters. The summed E-state index contributed by atoms with van der Waals surface area (Å²) in [5, 5.41) is 4.04. The molecule has 26 heavy (non-hydrogen) atoms. The van der Waals surface area contributed by atoms with Gasteiger partial charge in [0.1, 0.15) is 11.3 Å². The van der Waals surface area contributed by atoms with E-state index in [4.69, 9.17) is 9.26 Å². The lowest BCUT2D eigenvalue weighted by Gasteiger charge is -2.09. The number of benzene rings is 1. The van der Waals surface area contributed by atoms with Gasteiger partial charge in [-0.25, -0.2) is 0 Å². The molecule has 0 amide bonds. The maximum Gasteiger partial charge on any atom is 0.297 e. The van der Waals surface area contributed by atoms with E-state index in [1.54, 1.807) is 6.20 Å². The molecule has 6 heteroatoms. The molecule has 0 saturated carbocycles. The minimum absolute atomic E-state index is 0.558. The number of hydrogen-bond donors (Lipinski definition) is 0. The lowest BCUT2D eigenvalue weighted by Crippen LogP contribution is -2.05. The second-order valence-electron chi connectivity index (χ2n) is 6.16. The number of imidazole rings is 1. The average Bonchev–Trinajstić information content (AvgIpc) is 3.16. The Labute approximate surface area is 151 Å². The molecule has 0 unspecified atom stereocenters. The highest BCUT2D eigenvalue weighted by molar-refractivity contribution is 5.81. The van der Waals surface area contributed by atoms with Crippen molar-refractivity contribution >= 4 is 11.0 Å². The standard InChI is InChI=1S/C20H20N4O2/c1-4-25-20-22-17-11-21-16(19-13(2)23-26-14(19)3)10-18(17)24(20)12-15-8-6-5-7-9-15/h5-11H,4,12H2,1-3H3.